The highest BCUT2D eigenvalue weighted by Gasteiger charge is 2.24. The van der Waals surface area contributed by atoms with Crippen molar-refractivity contribution in [1.29, 1.82) is 0 Å². The molecular weight excluding hydrogens is 544 g/mol. The van der Waals surface area contributed by atoms with Crippen LogP contribution in [0.1, 0.15) is 46.2 Å². The number of hydrogen-bond acceptors (Lipinski definition) is 5. The van der Waals surface area contributed by atoms with Gasteiger partial charge in [-0.1, -0.05) is 84.9 Å². The van der Waals surface area contributed by atoms with E-state index in [2.05, 4.69) is 47.0 Å². The fourth-order valence-corrected chi connectivity index (χ4v) is 5.99. The molecule has 0 bridgehead atoms. The first-order valence-corrected chi connectivity index (χ1v) is 14.4. The van der Waals surface area contributed by atoms with Crippen molar-refractivity contribution in [3.05, 3.63) is 118 Å². The van der Waals surface area contributed by atoms with E-state index in [1.54, 1.807) is 0 Å². The van der Waals surface area contributed by atoms with Crippen LogP contribution in [0.5, 0.6) is 0 Å². The summed E-state index contributed by atoms with van der Waals surface area (Å²) in [5.74, 6) is -1.17. The first kappa shape index (κ1) is 28.0. The molecule has 6 rings (SSSR count). The Hall–Kier alpha value is -5.11. The Labute approximate surface area is 249 Å². The van der Waals surface area contributed by atoms with Gasteiger partial charge in [0.2, 0.25) is 0 Å². The number of rotatable bonds is 10. The molecule has 43 heavy (non-hydrogen) atoms. The molecule has 0 unspecified atom stereocenters. The first-order valence-electron chi connectivity index (χ1n) is 14.4. The fourth-order valence-electron chi connectivity index (χ4n) is 5.99. The lowest BCUT2D eigenvalue weighted by molar-refractivity contribution is -0.139. The topological polar surface area (TPSA) is 114 Å². The van der Waals surface area contributed by atoms with Crippen LogP contribution in [0.25, 0.3) is 22.3 Å². The SMILES string of the molecule is O=C(NCCC[C@@H](NC(=O)OCc1cccc2c1Cc1ccccc1-2)C(=O)O)OCc1cccc2c1Cc1ccccc1-2. The molecule has 0 saturated heterocycles. The zero-order chi connectivity index (χ0) is 29.8. The summed E-state index contributed by atoms with van der Waals surface area (Å²) in [5.41, 5.74) is 11.3. The quantitative estimate of drug-likeness (QED) is 0.167. The molecule has 0 aliphatic heterocycles. The third-order valence-corrected chi connectivity index (χ3v) is 8.14. The third-order valence-electron chi connectivity index (χ3n) is 8.14. The van der Waals surface area contributed by atoms with Gasteiger partial charge < -0.3 is 25.2 Å². The van der Waals surface area contributed by atoms with E-state index in [4.69, 9.17) is 9.47 Å². The summed E-state index contributed by atoms with van der Waals surface area (Å²) in [6, 6.07) is 27.2. The van der Waals surface area contributed by atoms with E-state index in [1.807, 2.05) is 48.5 Å². The predicted molar refractivity (Wildman–Crippen MR) is 162 cm³/mol. The monoisotopic (exact) mass is 576 g/mol. The van der Waals surface area contributed by atoms with Gasteiger partial charge in [0, 0.05) is 6.54 Å². The van der Waals surface area contributed by atoms with Gasteiger partial charge in [-0.3, -0.25) is 0 Å². The molecule has 0 saturated carbocycles. The minimum absolute atomic E-state index is 0.0411. The van der Waals surface area contributed by atoms with E-state index in [0.717, 1.165) is 35.1 Å². The summed E-state index contributed by atoms with van der Waals surface area (Å²) >= 11 is 0. The van der Waals surface area contributed by atoms with Crippen molar-refractivity contribution < 1.29 is 29.0 Å². The van der Waals surface area contributed by atoms with Crippen LogP contribution in [0.2, 0.25) is 0 Å². The summed E-state index contributed by atoms with van der Waals surface area (Å²) in [6.07, 6.45) is 0.635. The Balaban J connectivity index is 0.935. The van der Waals surface area contributed by atoms with E-state index >= 15 is 0 Å². The largest absolute Gasteiger partial charge is 0.480 e. The molecular formula is C35H32N2O6. The maximum atomic E-state index is 12.5. The van der Waals surface area contributed by atoms with Crippen LogP contribution in [0.3, 0.4) is 0 Å². The van der Waals surface area contributed by atoms with E-state index in [1.165, 1.54) is 33.4 Å². The number of carboxylic acid groups (broad SMARTS) is 1. The van der Waals surface area contributed by atoms with Crippen LogP contribution in [-0.2, 0) is 40.3 Å². The zero-order valence-electron chi connectivity index (χ0n) is 23.6. The molecule has 8 heteroatoms. The average molecular weight is 577 g/mol. The predicted octanol–water partition coefficient (Wildman–Crippen LogP) is 6.22. The smallest absolute Gasteiger partial charge is 0.408 e. The molecule has 2 aliphatic rings. The molecule has 2 aliphatic carbocycles. The van der Waals surface area contributed by atoms with Crippen LogP contribution in [0.4, 0.5) is 9.59 Å². The summed E-state index contributed by atoms with van der Waals surface area (Å²) in [5, 5.41) is 14.7. The summed E-state index contributed by atoms with van der Waals surface area (Å²) in [4.78, 5) is 36.6. The standard InChI is InChI=1S/C35H32N2O6/c38-33(39)32(37-35(41)43-21-25-11-6-15-29-27-13-4-2-9-23(27)19-31(25)29)16-7-17-36-34(40)42-20-24-10-5-14-28-26-12-3-1-8-22(26)18-30(24)28/h1-6,8-15,32H,7,16-21H2,(H,36,40)(H,37,41)(H,38,39)/t32-/m1/s1. The number of benzene rings is 4. The number of nitrogens with one attached hydrogen (secondary N) is 2. The molecule has 218 valence electrons. The Morgan fingerprint density at radius 2 is 1.19 bits per heavy atom. The minimum Gasteiger partial charge on any atom is -0.480 e. The summed E-state index contributed by atoms with van der Waals surface area (Å²) < 4.78 is 10.8. The second-order valence-electron chi connectivity index (χ2n) is 10.8. The number of fused-ring (bicyclic) bond motifs is 6. The van der Waals surface area contributed by atoms with Gasteiger partial charge in [0.25, 0.3) is 0 Å². The van der Waals surface area contributed by atoms with Crippen molar-refractivity contribution in [2.75, 3.05) is 6.54 Å². The highest BCUT2D eigenvalue weighted by atomic mass is 16.6. The molecule has 0 aromatic heterocycles. The number of alkyl carbamates (subject to hydrolysis) is 2. The second-order valence-corrected chi connectivity index (χ2v) is 10.8. The number of aliphatic carboxylic acids is 1. The maximum absolute atomic E-state index is 12.5. The molecule has 8 nitrogen and oxygen atoms in total. The van der Waals surface area contributed by atoms with Gasteiger partial charge in [0.05, 0.1) is 0 Å². The van der Waals surface area contributed by atoms with Crippen LogP contribution in [0, 0.1) is 0 Å². The van der Waals surface area contributed by atoms with E-state index in [-0.39, 0.29) is 26.2 Å². The van der Waals surface area contributed by atoms with Gasteiger partial charge in [-0.2, -0.15) is 0 Å². The Morgan fingerprint density at radius 1 is 0.674 bits per heavy atom. The molecule has 4 aromatic rings. The number of ether oxygens (including phenoxy) is 2. The van der Waals surface area contributed by atoms with Crippen molar-refractivity contribution in [2.24, 2.45) is 0 Å². The highest BCUT2D eigenvalue weighted by Crippen LogP contribution is 2.39. The van der Waals surface area contributed by atoms with Gasteiger partial charge in [-0.15, -0.1) is 0 Å². The summed E-state index contributed by atoms with van der Waals surface area (Å²) in [7, 11) is 0. The van der Waals surface area contributed by atoms with Crippen molar-refractivity contribution in [2.45, 2.75) is 44.9 Å². The van der Waals surface area contributed by atoms with E-state index < -0.39 is 24.2 Å². The number of hydrogen-bond donors (Lipinski definition) is 3. The molecule has 0 radical (unpaired) electrons. The second kappa shape index (κ2) is 12.4. The van der Waals surface area contributed by atoms with Crippen molar-refractivity contribution in [1.82, 2.24) is 10.6 Å². The third kappa shape index (κ3) is 6.09. The van der Waals surface area contributed by atoms with Crippen LogP contribution in [-0.4, -0.2) is 35.8 Å². The lowest BCUT2D eigenvalue weighted by Crippen LogP contribution is -2.41. The molecule has 4 aromatic carbocycles. The van der Waals surface area contributed by atoms with Crippen LogP contribution in [0.15, 0.2) is 84.9 Å². The molecule has 0 spiro atoms. The highest BCUT2D eigenvalue weighted by molar-refractivity contribution is 5.81. The van der Waals surface area contributed by atoms with Gasteiger partial charge in [0.1, 0.15) is 19.3 Å². The van der Waals surface area contributed by atoms with Crippen molar-refractivity contribution in [3.8, 4) is 22.3 Å². The van der Waals surface area contributed by atoms with Crippen LogP contribution < -0.4 is 10.6 Å². The Bertz CT molecular complexity index is 1700. The maximum Gasteiger partial charge on any atom is 0.408 e. The van der Waals surface area contributed by atoms with Crippen molar-refractivity contribution >= 4 is 18.2 Å². The van der Waals surface area contributed by atoms with Crippen LogP contribution >= 0.6 is 0 Å². The molecule has 0 fully saturated rings. The summed E-state index contributed by atoms with van der Waals surface area (Å²) in [6.45, 7) is 0.388. The average Bonchev–Trinajstić information content (AvgIpc) is 3.59. The van der Waals surface area contributed by atoms with Gasteiger partial charge >= 0.3 is 18.2 Å². The van der Waals surface area contributed by atoms with Gasteiger partial charge in [-0.05, 0) is 81.3 Å². The zero-order valence-corrected chi connectivity index (χ0v) is 23.6. The van der Waals surface area contributed by atoms with Gasteiger partial charge in [0.15, 0.2) is 0 Å². The molecule has 2 amide bonds. The molecule has 1 atom stereocenters. The first-order chi connectivity index (χ1) is 21.0. The number of amides is 2. The number of carbonyl (C=O) groups is 3. The minimum atomic E-state index is -1.17. The number of carboxylic acids is 1. The Morgan fingerprint density at radius 3 is 1.74 bits per heavy atom. The lowest BCUT2D eigenvalue weighted by atomic mass is 10.0. The normalized spacial score (nSPS) is 12.7. The Kier molecular flexibility index (Phi) is 8.09. The molecule has 0 heterocycles. The fraction of sp³-hybridized carbons (Fsp3) is 0.229. The van der Waals surface area contributed by atoms with Crippen molar-refractivity contribution in [3.63, 3.8) is 0 Å². The van der Waals surface area contributed by atoms with Gasteiger partial charge in [-0.25, -0.2) is 14.4 Å². The molecule has 3 N–H and O–H groups in total. The van der Waals surface area contributed by atoms with E-state index in [9.17, 15) is 19.5 Å². The number of carbonyl (C=O) groups excluding carboxylic acids is 2. The van der Waals surface area contributed by atoms with E-state index in [0.29, 0.717) is 6.42 Å². The lowest BCUT2D eigenvalue weighted by Gasteiger charge is -2.16.